The summed E-state index contributed by atoms with van der Waals surface area (Å²) in [5.74, 6) is 0.510. The highest BCUT2D eigenvalue weighted by Crippen LogP contribution is 2.37. The van der Waals surface area contributed by atoms with E-state index in [9.17, 15) is 13.0 Å². The van der Waals surface area contributed by atoms with Crippen molar-refractivity contribution in [1.82, 2.24) is 24.7 Å². The Balaban J connectivity index is 1.43. The average Bonchev–Trinajstić information content (AvgIpc) is 3.60. The number of ether oxygens (including phenoxy) is 1. The fourth-order valence-corrected chi connectivity index (χ4v) is 6.83. The number of fused-ring (bicyclic) bond motifs is 1. The Morgan fingerprint density at radius 2 is 1.98 bits per heavy atom. The van der Waals surface area contributed by atoms with Crippen molar-refractivity contribution in [3.05, 3.63) is 78.3 Å². The molecular formula is C27H26ClN6O8PS. The molecule has 0 spiro atoms. The van der Waals surface area contributed by atoms with Crippen molar-refractivity contribution in [3.8, 4) is 28.4 Å². The van der Waals surface area contributed by atoms with Crippen molar-refractivity contribution in [2.24, 2.45) is 0 Å². The van der Waals surface area contributed by atoms with Gasteiger partial charge in [0.25, 0.3) is 10.0 Å². The lowest BCUT2D eigenvalue weighted by molar-refractivity contribution is 0.0829. The molecule has 14 nitrogen and oxygen atoms in total. The van der Waals surface area contributed by atoms with Crippen molar-refractivity contribution in [3.63, 3.8) is 0 Å². The van der Waals surface area contributed by atoms with E-state index in [1.54, 1.807) is 40.9 Å². The molecular weight excluding hydrogens is 635 g/mol. The molecule has 3 N–H and O–H groups in total. The molecule has 44 heavy (non-hydrogen) atoms. The average molecular weight is 661 g/mol. The molecule has 3 aromatic heterocycles. The molecule has 0 unspecified atom stereocenters. The van der Waals surface area contributed by atoms with Crippen LogP contribution in [0.15, 0.2) is 82.6 Å². The monoisotopic (exact) mass is 660 g/mol. The van der Waals surface area contributed by atoms with Gasteiger partial charge in [0.2, 0.25) is 5.95 Å². The molecule has 1 saturated heterocycles. The summed E-state index contributed by atoms with van der Waals surface area (Å²) < 4.78 is 57.4. The van der Waals surface area contributed by atoms with E-state index in [1.807, 2.05) is 0 Å². The van der Waals surface area contributed by atoms with Crippen LogP contribution in [0.3, 0.4) is 0 Å². The number of benzene rings is 2. The lowest BCUT2D eigenvalue weighted by atomic mass is 10.1. The molecule has 17 heteroatoms. The normalized spacial score (nSPS) is 15.8. The summed E-state index contributed by atoms with van der Waals surface area (Å²) in [6, 6.07) is 13.8. The minimum Gasteiger partial charge on any atom is -0.467 e. The molecule has 6 rings (SSSR count). The number of hydrogen-bond donors (Lipinski definition) is 3. The first-order valence-electron chi connectivity index (χ1n) is 13.3. The summed E-state index contributed by atoms with van der Waals surface area (Å²) in [7, 11) is -8.80. The SMILES string of the molecule is O=P(O)(O)OCOc1cccc(-c2nc3occn3c2-c2ccnc(N([C@@H]3CCCNC3)S(=O)(=O)c3ccc(Cl)cc3)n2)c1. The standard InChI is InChI=1S/C27H26ClN6O8PS/c28-19-6-8-22(9-7-19)44(38,39)34(20-4-2-11-29-16-20)26-30-12-10-23(31-26)25-24(32-27-33(25)13-14-40-27)18-3-1-5-21(15-18)41-17-42-43(35,36)37/h1,3,5-10,12-15,20,29H,2,4,11,16-17H2,(H2,35,36,37)/t20-/m1/s1. The van der Waals surface area contributed by atoms with E-state index in [0.29, 0.717) is 40.6 Å². The van der Waals surface area contributed by atoms with Gasteiger partial charge in [-0.15, -0.1) is 0 Å². The predicted octanol–water partition coefficient (Wildman–Crippen LogP) is 4.10. The van der Waals surface area contributed by atoms with Crippen LogP contribution in [0.2, 0.25) is 5.02 Å². The van der Waals surface area contributed by atoms with Gasteiger partial charge in [0.1, 0.15) is 23.4 Å². The summed E-state index contributed by atoms with van der Waals surface area (Å²) in [5.41, 5.74) is 1.86. The number of halogens is 1. The number of anilines is 1. The van der Waals surface area contributed by atoms with E-state index in [2.05, 4.69) is 19.8 Å². The first-order chi connectivity index (χ1) is 21.1. The first-order valence-corrected chi connectivity index (χ1v) is 16.7. The van der Waals surface area contributed by atoms with Crippen LogP contribution in [-0.4, -0.2) is 63.5 Å². The zero-order valence-corrected chi connectivity index (χ0v) is 25.3. The molecule has 0 aliphatic carbocycles. The summed E-state index contributed by atoms with van der Waals surface area (Å²) in [6.45, 7) is 0.524. The van der Waals surface area contributed by atoms with E-state index in [0.717, 1.165) is 13.0 Å². The summed E-state index contributed by atoms with van der Waals surface area (Å²) in [4.78, 5) is 31.7. The molecule has 1 aliphatic heterocycles. The van der Waals surface area contributed by atoms with Crippen molar-refractivity contribution >= 4 is 41.2 Å². The fraction of sp³-hybridized carbons (Fsp3) is 0.222. The third kappa shape index (κ3) is 6.35. The Labute approximate surface area is 256 Å². The first kappa shape index (κ1) is 30.2. The largest absolute Gasteiger partial charge is 0.472 e. The quantitative estimate of drug-likeness (QED) is 0.144. The zero-order chi connectivity index (χ0) is 30.9. The topological polar surface area (TPSA) is 182 Å². The number of piperidine rings is 1. The summed E-state index contributed by atoms with van der Waals surface area (Å²) in [6.07, 6.45) is 5.99. The fourth-order valence-electron chi connectivity index (χ4n) is 4.94. The highest BCUT2D eigenvalue weighted by atomic mass is 35.5. The number of phosphoric acid groups is 1. The molecule has 2 aromatic carbocycles. The van der Waals surface area contributed by atoms with Crippen molar-refractivity contribution in [2.75, 3.05) is 24.2 Å². The van der Waals surface area contributed by atoms with Gasteiger partial charge in [-0.1, -0.05) is 23.7 Å². The highest BCUT2D eigenvalue weighted by molar-refractivity contribution is 7.92. The number of sulfonamides is 1. The van der Waals surface area contributed by atoms with E-state index in [4.69, 9.17) is 35.5 Å². The number of nitrogens with one attached hydrogen (secondary N) is 1. The molecule has 1 fully saturated rings. The van der Waals surface area contributed by atoms with Crippen LogP contribution in [0.5, 0.6) is 5.75 Å². The van der Waals surface area contributed by atoms with E-state index < -0.39 is 30.7 Å². The van der Waals surface area contributed by atoms with Crippen LogP contribution < -0.4 is 14.4 Å². The van der Waals surface area contributed by atoms with Crippen molar-refractivity contribution < 1.29 is 36.4 Å². The Morgan fingerprint density at radius 3 is 2.73 bits per heavy atom. The molecule has 0 saturated carbocycles. The molecule has 0 bridgehead atoms. The second kappa shape index (κ2) is 12.3. The molecule has 0 radical (unpaired) electrons. The van der Waals surface area contributed by atoms with Crippen LogP contribution >= 0.6 is 19.4 Å². The number of aromatic nitrogens is 4. The van der Waals surface area contributed by atoms with Gasteiger partial charge in [-0.25, -0.2) is 31.8 Å². The van der Waals surface area contributed by atoms with Gasteiger partial charge >= 0.3 is 13.7 Å². The second-order valence-corrected chi connectivity index (χ2v) is 13.3. The van der Waals surface area contributed by atoms with Gasteiger partial charge < -0.3 is 24.3 Å². The summed E-state index contributed by atoms with van der Waals surface area (Å²) in [5, 5.41) is 3.68. The molecule has 1 aliphatic rings. The number of nitrogens with zero attached hydrogens (tertiary/aromatic N) is 5. The zero-order valence-electron chi connectivity index (χ0n) is 22.9. The Morgan fingerprint density at radius 1 is 1.16 bits per heavy atom. The highest BCUT2D eigenvalue weighted by Gasteiger charge is 2.35. The minimum absolute atomic E-state index is 0.0118. The van der Waals surface area contributed by atoms with Crippen LogP contribution in [0.1, 0.15) is 12.8 Å². The van der Waals surface area contributed by atoms with Crippen molar-refractivity contribution in [1.29, 1.82) is 0 Å². The third-order valence-corrected chi connectivity index (χ3v) is 9.41. The maximum absolute atomic E-state index is 14.1. The molecule has 5 aromatic rings. The maximum Gasteiger partial charge on any atom is 0.472 e. The van der Waals surface area contributed by atoms with Gasteiger partial charge in [0.15, 0.2) is 6.79 Å². The lowest BCUT2D eigenvalue weighted by Gasteiger charge is -2.33. The van der Waals surface area contributed by atoms with E-state index in [1.165, 1.54) is 41.0 Å². The van der Waals surface area contributed by atoms with Gasteiger partial charge in [-0.2, -0.15) is 4.98 Å². The van der Waals surface area contributed by atoms with E-state index in [-0.39, 0.29) is 22.4 Å². The number of phosphoric ester groups is 1. The number of rotatable bonds is 10. The van der Waals surface area contributed by atoms with Gasteiger partial charge in [0.05, 0.1) is 16.6 Å². The smallest absolute Gasteiger partial charge is 0.467 e. The van der Waals surface area contributed by atoms with Crippen LogP contribution in [0, 0.1) is 0 Å². The van der Waals surface area contributed by atoms with Crippen molar-refractivity contribution in [2.45, 2.75) is 23.8 Å². The van der Waals surface area contributed by atoms with Gasteiger partial charge in [-0.3, -0.25) is 4.40 Å². The van der Waals surface area contributed by atoms with Crippen LogP contribution in [0.25, 0.3) is 28.5 Å². The number of hydrogen-bond acceptors (Lipinski definition) is 10. The molecule has 1 atom stereocenters. The molecule has 4 heterocycles. The third-order valence-electron chi connectivity index (χ3n) is 6.87. The number of imidazole rings is 1. The Kier molecular flexibility index (Phi) is 8.44. The number of oxazole rings is 1. The Hall–Kier alpha value is -3.82. The Bertz CT molecular complexity index is 1940. The molecule has 0 amide bonds. The summed E-state index contributed by atoms with van der Waals surface area (Å²) >= 11 is 6.04. The van der Waals surface area contributed by atoms with Crippen LogP contribution in [-0.2, 0) is 19.1 Å². The maximum atomic E-state index is 14.1. The van der Waals surface area contributed by atoms with Gasteiger partial charge in [0, 0.05) is 29.5 Å². The second-order valence-electron chi connectivity index (χ2n) is 9.77. The molecule has 230 valence electrons. The van der Waals surface area contributed by atoms with Gasteiger partial charge in [-0.05, 0) is 61.9 Å². The minimum atomic E-state index is -4.71. The van der Waals surface area contributed by atoms with E-state index >= 15 is 0 Å². The lowest BCUT2D eigenvalue weighted by Crippen LogP contribution is -2.49. The predicted molar refractivity (Wildman–Crippen MR) is 160 cm³/mol. The van der Waals surface area contributed by atoms with Crippen LogP contribution in [0.4, 0.5) is 5.95 Å².